The average Bonchev–Trinajstić information content (AvgIpc) is 3.17. The zero-order valence-corrected chi connectivity index (χ0v) is 15.9. The molecule has 0 bridgehead atoms. The number of nitrogens with zero attached hydrogens (tertiary/aromatic N) is 3. The van der Waals surface area contributed by atoms with Crippen molar-refractivity contribution in [1.29, 1.82) is 0 Å². The number of anilines is 1. The van der Waals surface area contributed by atoms with E-state index in [1.54, 1.807) is 19.2 Å². The fourth-order valence-electron chi connectivity index (χ4n) is 3.20. The molecule has 0 spiro atoms. The predicted molar refractivity (Wildman–Crippen MR) is 104 cm³/mol. The third-order valence-corrected chi connectivity index (χ3v) is 4.58. The van der Waals surface area contributed by atoms with E-state index in [-0.39, 0.29) is 18.2 Å². The number of hydrogen-bond donors (Lipinski definition) is 1. The van der Waals surface area contributed by atoms with Gasteiger partial charge in [0.25, 0.3) is 5.91 Å². The number of amides is 1. The second-order valence-corrected chi connectivity index (χ2v) is 6.56. The molecule has 1 aliphatic heterocycles. The van der Waals surface area contributed by atoms with Gasteiger partial charge in [0, 0.05) is 30.2 Å². The standard InChI is InChI=1S/C20H22N4O4/c1-13-10-18(24-6-8-27-9-7-24)23-17(22-13)12-21-20(25)16-11-14-4-3-5-15(26-2)19(14)28-16/h3-5,10-11H,6-9,12H2,1-2H3,(H,21,25). The summed E-state index contributed by atoms with van der Waals surface area (Å²) < 4.78 is 16.3. The molecule has 0 aliphatic carbocycles. The first-order valence-corrected chi connectivity index (χ1v) is 9.16. The zero-order chi connectivity index (χ0) is 19.5. The molecule has 8 nitrogen and oxygen atoms in total. The van der Waals surface area contributed by atoms with Crippen LogP contribution in [0.25, 0.3) is 11.0 Å². The molecule has 1 amide bonds. The third kappa shape index (κ3) is 3.77. The first-order valence-electron chi connectivity index (χ1n) is 9.16. The van der Waals surface area contributed by atoms with Gasteiger partial charge in [-0.2, -0.15) is 0 Å². The lowest BCUT2D eigenvalue weighted by Crippen LogP contribution is -2.37. The van der Waals surface area contributed by atoms with Crippen molar-refractivity contribution >= 4 is 22.7 Å². The summed E-state index contributed by atoms with van der Waals surface area (Å²) in [7, 11) is 1.57. The molecule has 0 radical (unpaired) electrons. The number of para-hydroxylation sites is 1. The SMILES string of the molecule is COc1cccc2cc(C(=O)NCc3nc(C)cc(N4CCOCC4)n3)oc12. The number of hydrogen-bond acceptors (Lipinski definition) is 7. The molecule has 1 saturated heterocycles. The summed E-state index contributed by atoms with van der Waals surface area (Å²) in [5, 5.41) is 3.64. The molecule has 1 fully saturated rings. The van der Waals surface area contributed by atoms with Gasteiger partial charge in [-0.3, -0.25) is 4.79 Å². The van der Waals surface area contributed by atoms with Crippen LogP contribution in [0.1, 0.15) is 22.1 Å². The summed E-state index contributed by atoms with van der Waals surface area (Å²) in [6.45, 7) is 5.09. The normalized spacial score (nSPS) is 14.3. The largest absolute Gasteiger partial charge is 0.493 e. The van der Waals surface area contributed by atoms with E-state index in [9.17, 15) is 4.79 Å². The van der Waals surface area contributed by atoms with Crippen LogP contribution in [-0.4, -0.2) is 49.3 Å². The van der Waals surface area contributed by atoms with Crippen LogP contribution < -0.4 is 15.0 Å². The molecule has 0 atom stereocenters. The minimum absolute atomic E-state index is 0.214. The Labute approximate surface area is 162 Å². The van der Waals surface area contributed by atoms with Crippen molar-refractivity contribution in [1.82, 2.24) is 15.3 Å². The van der Waals surface area contributed by atoms with Gasteiger partial charge in [-0.15, -0.1) is 0 Å². The van der Waals surface area contributed by atoms with Crippen molar-refractivity contribution in [3.8, 4) is 5.75 Å². The van der Waals surface area contributed by atoms with E-state index in [4.69, 9.17) is 13.9 Å². The van der Waals surface area contributed by atoms with Gasteiger partial charge in [0.1, 0.15) is 11.6 Å². The Bertz CT molecular complexity index is 995. The second-order valence-electron chi connectivity index (χ2n) is 6.56. The highest BCUT2D eigenvalue weighted by Crippen LogP contribution is 2.28. The summed E-state index contributed by atoms with van der Waals surface area (Å²) >= 11 is 0. The topological polar surface area (TPSA) is 89.7 Å². The number of aromatic nitrogens is 2. The number of nitrogens with one attached hydrogen (secondary N) is 1. The number of methoxy groups -OCH3 is 1. The highest BCUT2D eigenvalue weighted by molar-refractivity contribution is 5.97. The Kier molecular flexibility index (Phi) is 5.12. The number of furan rings is 1. The quantitative estimate of drug-likeness (QED) is 0.724. The molecule has 3 heterocycles. The van der Waals surface area contributed by atoms with E-state index < -0.39 is 0 Å². The van der Waals surface area contributed by atoms with Crippen molar-refractivity contribution in [3.63, 3.8) is 0 Å². The maximum atomic E-state index is 12.5. The molecule has 0 saturated carbocycles. The van der Waals surface area contributed by atoms with Gasteiger partial charge in [-0.25, -0.2) is 9.97 Å². The zero-order valence-electron chi connectivity index (χ0n) is 15.9. The van der Waals surface area contributed by atoms with E-state index in [0.29, 0.717) is 30.4 Å². The lowest BCUT2D eigenvalue weighted by molar-refractivity contribution is 0.0924. The van der Waals surface area contributed by atoms with Crippen molar-refractivity contribution in [2.75, 3.05) is 38.3 Å². The third-order valence-electron chi connectivity index (χ3n) is 4.58. The molecule has 4 rings (SSSR count). The lowest BCUT2D eigenvalue weighted by Gasteiger charge is -2.28. The molecule has 146 valence electrons. The van der Waals surface area contributed by atoms with Gasteiger partial charge < -0.3 is 24.1 Å². The van der Waals surface area contributed by atoms with E-state index >= 15 is 0 Å². The van der Waals surface area contributed by atoms with Crippen molar-refractivity contribution < 1.29 is 18.7 Å². The van der Waals surface area contributed by atoms with Crippen LogP contribution in [0, 0.1) is 6.92 Å². The first kappa shape index (κ1) is 18.2. The van der Waals surface area contributed by atoms with Gasteiger partial charge in [-0.1, -0.05) is 12.1 Å². The molecule has 8 heteroatoms. The van der Waals surface area contributed by atoms with Crippen molar-refractivity contribution in [3.05, 3.63) is 47.6 Å². The number of benzene rings is 1. The summed E-state index contributed by atoms with van der Waals surface area (Å²) in [5.41, 5.74) is 1.41. The van der Waals surface area contributed by atoms with Gasteiger partial charge >= 0.3 is 0 Å². The number of rotatable bonds is 5. The Morgan fingerprint density at radius 3 is 2.86 bits per heavy atom. The Balaban J connectivity index is 1.48. The first-order chi connectivity index (χ1) is 13.6. The minimum Gasteiger partial charge on any atom is -0.493 e. The summed E-state index contributed by atoms with van der Waals surface area (Å²) in [4.78, 5) is 23.7. The Morgan fingerprint density at radius 1 is 1.25 bits per heavy atom. The van der Waals surface area contributed by atoms with Crippen LogP contribution in [0.2, 0.25) is 0 Å². The van der Waals surface area contributed by atoms with Crippen LogP contribution in [0.15, 0.2) is 34.7 Å². The molecule has 1 aliphatic rings. The number of aryl methyl sites for hydroxylation is 1. The Morgan fingerprint density at radius 2 is 2.07 bits per heavy atom. The Hall–Kier alpha value is -3.13. The minimum atomic E-state index is -0.323. The van der Waals surface area contributed by atoms with E-state index in [2.05, 4.69) is 20.2 Å². The summed E-state index contributed by atoms with van der Waals surface area (Å²) in [6, 6.07) is 9.16. The van der Waals surface area contributed by atoms with Gasteiger partial charge in [0.15, 0.2) is 17.1 Å². The van der Waals surface area contributed by atoms with Crippen LogP contribution in [-0.2, 0) is 11.3 Å². The van der Waals surface area contributed by atoms with E-state index in [1.165, 1.54) is 0 Å². The smallest absolute Gasteiger partial charge is 0.287 e. The number of morpholine rings is 1. The van der Waals surface area contributed by atoms with Crippen LogP contribution in [0.3, 0.4) is 0 Å². The van der Waals surface area contributed by atoms with E-state index in [1.807, 2.05) is 25.1 Å². The van der Waals surface area contributed by atoms with Crippen molar-refractivity contribution in [2.45, 2.75) is 13.5 Å². The molecule has 0 unspecified atom stereocenters. The molecular formula is C20H22N4O4. The van der Waals surface area contributed by atoms with Gasteiger partial charge in [-0.05, 0) is 19.1 Å². The molecule has 1 N–H and O–H groups in total. The maximum Gasteiger partial charge on any atom is 0.287 e. The monoisotopic (exact) mass is 382 g/mol. The fourth-order valence-corrected chi connectivity index (χ4v) is 3.20. The lowest BCUT2D eigenvalue weighted by atomic mass is 10.2. The summed E-state index contributed by atoms with van der Waals surface area (Å²) in [6.07, 6.45) is 0. The number of carbonyl (C=O) groups excluding carboxylic acids is 1. The van der Waals surface area contributed by atoms with Crippen molar-refractivity contribution in [2.24, 2.45) is 0 Å². The number of carbonyl (C=O) groups is 1. The highest BCUT2D eigenvalue weighted by Gasteiger charge is 2.17. The number of ether oxygens (including phenoxy) is 2. The molecule has 28 heavy (non-hydrogen) atoms. The average molecular weight is 382 g/mol. The molecule has 3 aromatic rings. The van der Waals surface area contributed by atoms with E-state index in [0.717, 1.165) is 30.0 Å². The molecular weight excluding hydrogens is 360 g/mol. The summed E-state index contributed by atoms with van der Waals surface area (Å²) in [5.74, 6) is 1.91. The fraction of sp³-hybridized carbons (Fsp3) is 0.350. The van der Waals surface area contributed by atoms with Crippen LogP contribution in [0.5, 0.6) is 5.75 Å². The number of fused-ring (bicyclic) bond motifs is 1. The molecule has 2 aromatic heterocycles. The predicted octanol–water partition coefficient (Wildman–Crippen LogP) is 2.31. The molecule has 1 aromatic carbocycles. The second kappa shape index (κ2) is 7.85. The van der Waals surface area contributed by atoms with Gasteiger partial charge in [0.05, 0.1) is 26.9 Å². The van der Waals surface area contributed by atoms with Crippen LogP contribution >= 0.6 is 0 Å². The highest BCUT2D eigenvalue weighted by atomic mass is 16.5. The van der Waals surface area contributed by atoms with Crippen LogP contribution in [0.4, 0.5) is 5.82 Å². The van der Waals surface area contributed by atoms with Gasteiger partial charge in [0.2, 0.25) is 0 Å². The maximum absolute atomic E-state index is 12.5.